The Hall–Kier alpha value is -2.04. The summed E-state index contributed by atoms with van der Waals surface area (Å²) in [5.41, 5.74) is 2.21. The fraction of sp³-hybridized carbons (Fsp3) is 0.579. The maximum atomic E-state index is 12.0. The Bertz CT molecular complexity index is 564. The second-order valence-electron chi connectivity index (χ2n) is 6.90. The van der Waals surface area contributed by atoms with Crippen LogP contribution in [0, 0.1) is 0 Å². The molecular formula is C19H27N3O2. The summed E-state index contributed by atoms with van der Waals surface area (Å²) in [5.74, 6) is 0.250. The maximum absolute atomic E-state index is 12.0. The van der Waals surface area contributed by atoms with E-state index in [0.29, 0.717) is 25.6 Å². The van der Waals surface area contributed by atoms with Crippen LogP contribution in [0.1, 0.15) is 56.1 Å². The smallest absolute Gasteiger partial charge is 0.315 e. The van der Waals surface area contributed by atoms with Crippen molar-refractivity contribution in [1.29, 1.82) is 0 Å². The molecule has 0 aromatic heterocycles. The minimum atomic E-state index is -0.0753. The average Bonchev–Trinajstić information content (AvgIpc) is 3.00. The molecule has 5 heteroatoms. The number of nitrogens with zero attached hydrogens (tertiary/aromatic N) is 1. The predicted molar refractivity (Wildman–Crippen MR) is 93.3 cm³/mol. The third kappa shape index (κ3) is 4.73. The third-order valence-corrected chi connectivity index (χ3v) is 4.96. The summed E-state index contributed by atoms with van der Waals surface area (Å²) in [6.07, 6.45) is 7.55. The van der Waals surface area contributed by atoms with Gasteiger partial charge in [0.25, 0.3) is 0 Å². The first-order valence-corrected chi connectivity index (χ1v) is 9.11. The summed E-state index contributed by atoms with van der Waals surface area (Å²) in [4.78, 5) is 25.5. The highest BCUT2D eigenvalue weighted by molar-refractivity contribution is 5.78. The van der Waals surface area contributed by atoms with Gasteiger partial charge >= 0.3 is 6.03 Å². The van der Waals surface area contributed by atoms with Gasteiger partial charge < -0.3 is 15.5 Å². The lowest BCUT2D eigenvalue weighted by atomic mass is 9.96. The van der Waals surface area contributed by atoms with Crippen LogP contribution in [0.15, 0.2) is 24.3 Å². The molecule has 5 nitrogen and oxygen atoms in total. The van der Waals surface area contributed by atoms with E-state index in [1.807, 2.05) is 29.2 Å². The largest absolute Gasteiger partial charge is 0.338 e. The number of rotatable bonds is 5. The van der Waals surface area contributed by atoms with Crippen molar-refractivity contribution in [2.75, 3.05) is 6.54 Å². The van der Waals surface area contributed by atoms with Gasteiger partial charge in [-0.25, -0.2) is 4.79 Å². The van der Waals surface area contributed by atoms with E-state index in [1.54, 1.807) is 0 Å². The number of hydrogen-bond acceptors (Lipinski definition) is 2. The van der Waals surface area contributed by atoms with Crippen LogP contribution in [-0.4, -0.2) is 29.4 Å². The zero-order valence-corrected chi connectivity index (χ0v) is 14.2. The second-order valence-corrected chi connectivity index (χ2v) is 6.90. The van der Waals surface area contributed by atoms with E-state index in [1.165, 1.54) is 19.3 Å². The number of urea groups is 1. The van der Waals surface area contributed by atoms with E-state index in [9.17, 15) is 9.59 Å². The van der Waals surface area contributed by atoms with Crippen molar-refractivity contribution >= 4 is 11.9 Å². The minimum Gasteiger partial charge on any atom is -0.338 e. The molecule has 3 rings (SSSR count). The highest BCUT2D eigenvalue weighted by atomic mass is 16.2. The van der Waals surface area contributed by atoms with Crippen LogP contribution in [0.2, 0.25) is 0 Å². The Morgan fingerprint density at radius 3 is 2.42 bits per heavy atom. The number of amides is 3. The first-order valence-electron chi connectivity index (χ1n) is 9.11. The van der Waals surface area contributed by atoms with Gasteiger partial charge in [-0.3, -0.25) is 4.79 Å². The number of benzene rings is 1. The van der Waals surface area contributed by atoms with Crippen LogP contribution in [0.4, 0.5) is 4.79 Å². The summed E-state index contributed by atoms with van der Waals surface area (Å²) < 4.78 is 0. The number of hydrogen-bond donors (Lipinski definition) is 2. The zero-order valence-electron chi connectivity index (χ0n) is 14.2. The van der Waals surface area contributed by atoms with Crippen molar-refractivity contribution in [1.82, 2.24) is 15.5 Å². The fourth-order valence-electron chi connectivity index (χ4n) is 3.52. The number of nitrogens with one attached hydrogen (secondary N) is 2. The molecule has 3 amide bonds. The molecule has 1 aromatic carbocycles. The molecule has 0 radical (unpaired) electrons. The second kappa shape index (κ2) is 8.18. The van der Waals surface area contributed by atoms with Crippen LogP contribution in [0.25, 0.3) is 0 Å². The monoisotopic (exact) mass is 329 g/mol. The van der Waals surface area contributed by atoms with E-state index in [-0.39, 0.29) is 11.9 Å². The molecule has 2 aliphatic rings. The van der Waals surface area contributed by atoms with Gasteiger partial charge in [-0.1, -0.05) is 43.5 Å². The minimum absolute atomic E-state index is 0.0753. The van der Waals surface area contributed by atoms with Gasteiger partial charge in [-0.05, 0) is 30.4 Å². The number of likely N-dealkylation sites (tertiary alicyclic amines) is 1. The Labute approximate surface area is 143 Å². The molecular weight excluding hydrogens is 302 g/mol. The molecule has 0 bridgehead atoms. The van der Waals surface area contributed by atoms with E-state index in [4.69, 9.17) is 0 Å². The predicted octanol–water partition coefficient (Wildman–Crippen LogP) is 2.94. The van der Waals surface area contributed by atoms with Crippen LogP contribution < -0.4 is 10.6 Å². The fourth-order valence-corrected chi connectivity index (χ4v) is 3.52. The molecule has 1 aromatic rings. The molecule has 0 atom stereocenters. The Morgan fingerprint density at radius 1 is 1.04 bits per heavy atom. The summed E-state index contributed by atoms with van der Waals surface area (Å²) in [6.45, 7) is 2.08. The third-order valence-electron chi connectivity index (χ3n) is 4.96. The summed E-state index contributed by atoms with van der Waals surface area (Å²) in [6, 6.07) is 8.39. The zero-order chi connectivity index (χ0) is 16.8. The normalized spacial score (nSPS) is 18.7. The first kappa shape index (κ1) is 16.8. The van der Waals surface area contributed by atoms with Crippen LogP contribution >= 0.6 is 0 Å². The summed E-state index contributed by atoms with van der Waals surface area (Å²) >= 11 is 0. The van der Waals surface area contributed by atoms with Crippen molar-refractivity contribution in [3.8, 4) is 0 Å². The molecule has 1 aliphatic carbocycles. The van der Waals surface area contributed by atoms with E-state index >= 15 is 0 Å². The van der Waals surface area contributed by atoms with Crippen molar-refractivity contribution in [2.24, 2.45) is 0 Å². The lowest BCUT2D eigenvalue weighted by Gasteiger charge is -2.22. The molecule has 1 aliphatic heterocycles. The van der Waals surface area contributed by atoms with Crippen LogP contribution in [-0.2, 0) is 17.9 Å². The average molecular weight is 329 g/mol. The van der Waals surface area contributed by atoms with Gasteiger partial charge in [-0.2, -0.15) is 0 Å². The molecule has 130 valence electrons. The van der Waals surface area contributed by atoms with Gasteiger partial charge in [0.15, 0.2) is 0 Å². The summed E-state index contributed by atoms with van der Waals surface area (Å²) in [5, 5.41) is 5.99. The molecule has 1 saturated carbocycles. The van der Waals surface area contributed by atoms with Gasteiger partial charge in [0.05, 0.1) is 0 Å². The molecule has 2 N–H and O–H groups in total. The topological polar surface area (TPSA) is 61.4 Å². The molecule has 0 unspecified atom stereocenters. The standard InChI is InChI=1S/C19H27N3O2/c23-18-7-4-12-22(18)14-16-10-8-15(9-11-16)13-20-19(24)21-17-5-2-1-3-6-17/h8-11,17H,1-7,12-14H2,(H2,20,21,24). The molecule has 0 spiro atoms. The SMILES string of the molecule is O=C(NCc1ccc(CN2CCCC2=O)cc1)NC1CCCCC1. The Balaban J connectivity index is 1.42. The van der Waals surface area contributed by atoms with Gasteiger partial charge in [0.2, 0.25) is 5.91 Å². The van der Waals surface area contributed by atoms with Crippen molar-refractivity contribution < 1.29 is 9.59 Å². The van der Waals surface area contributed by atoms with Crippen LogP contribution in [0.3, 0.4) is 0 Å². The molecule has 24 heavy (non-hydrogen) atoms. The first-order chi connectivity index (χ1) is 11.7. The lowest BCUT2D eigenvalue weighted by Crippen LogP contribution is -2.42. The highest BCUT2D eigenvalue weighted by Gasteiger charge is 2.19. The molecule has 1 heterocycles. The maximum Gasteiger partial charge on any atom is 0.315 e. The lowest BCUT2D eigenvalue weighted by molar-refractivity contribution is -0.128. The van der Waals surface area contributed by atoms with E-state index < -0.39 is 0 Å². The quantitative estimate of drug-likeness (QED) is 0.872. The van der Waals surface area contributed by atoms with E-state index in [2.05, 4.69) is 10.6 Å². The Morgan fingerprint density at radius 2 is 1.75 bits per heavy atom. The van der Waals surface area contributed by atoms with Crippen molar-refractivity contribution in [3.05, 3.63) is 35.4 Å². The Kier molecular flexibility index (Phi) is 5.72. The van der Waals surface area contributed by atoms with Crippen molar-refractivity contribution in [2.45, 2.75) is 64.1 Å². The van der Waals surface area contributed by atoms with Gasteiger partial charge in [0, 0.05) is 32.1 Å². The van der Waals surface area contributed by atoms with E-state index in [0.717, 1.165) is 36.9 Å². The number of carbonyl (C=O) groups excluding carboxylic acids is 2. The van der Waals surface area contributed by atoms with Gasteiger partial charge in [0.1, 0.15) is 0 Å². The summed E-state index contributed by atoms with van der Waals surface area (Å²) in [7, 11) is 0. The molecule has 2 fully saturated rings. The van der Waals surface area contributed by atoms with Crippen LogP contribution in [0.5, 0.6) is 0 Å². The highest BCUT2D eigenvalue weighted by Crippen LogP contribution is 2.17. The molecule has 1 saturated heterocycles. The van der Waals surface area contributed by atoms with Crippen molar-refractivity contribution in [3.63, 3.8) is 0 Å². The van der Waals surface area contributed by atoms with Gasteiger partial charge in [-0.15, -0.1) is 0 Å². The number of carbonyl (C=O) groups is 2.